The molecule has 1 saturated heterocycles. The molecule has 1 aromatic carbocycles. The van der Waals surface area contributed by atoms with Crippen LogP contribution in [0.1, 0.15) is 0 Å². The van der Waals surface area contributed by atoms with Gasteiger partial charge in [0.2, 0.25) is 10.0 Å². The molecular formula is C11H13Br2N3O4S. The Kier molecular flexibility index (Phi) is 5.25. The van der Waals surface area contributed by atoms with Crippen LogP contribution in [0.3, 0.4) is 0 Å². The Labute approximate surface area is 139 Å². The van der Waals surface area contributed by atoms with Crippen LogP contribution in [-0.2, 0) is 14.8 Å². The van der Waals surface area contributed by atoms with Gasteiger partial charge in [-0.3, -0.25) is 0 Å². The first-order valence-corrected chi connectivity index (χ1v) is 8.93. The number of halogens is 2. The van der Waals surface area contributed by atoms with Crippen molar-refractivity contribution in [3.05, 3.63) is 27.1 Å². The Balaban J connectivity index is 2.33. The van der Waals surface area contributed by atoms with Crippen molar-refractivity contribution in [2.24, 2.45) is 10.9 Å². The second kappa shape index (κ2) is 6.61. The molecule has 1 fully saturated rings. The summed E-state index contributed by atoms with van der Waals surface area (Å²) in [6, 6.07) is 4.91. The van der Waals surface area contributed by atoms with E-state index in [1.165, 1.54) is 10.4 Å². The lowest BCUT2D eigenvalue weighted by atomic mass is 10.3. The average molecular weight is 443 g/mol. The molecule has 1 aliphatic heterocycles. The predicted molar refractivity (Wildman–Crippen MR) is 83.7 cm³/mol. The van der Waals surface area contributed by atoms with Crippen LogP contribution in [0.2, 0.25) is 0 Å². The van der Waals surface area contributed by atoms with E-state index in [-0.39, 0.29) is 30.4 Å². The molecule has 0 aliphatic carbocycles. The molecule has 1 heterocycles. The van der Waals surface area contributed by atoms with Crippen LogP contribution < -0.4 is 5.73 Å². The number of benzene rings is 1. The van der Waals surface area contributed by atoms with E-state index < -0.39 is 16.1 Å². The van der Waals surface area contributed by atoms with Gasteiger partial charge in [0.15, 0.2) is 5.84 Å². The summed E-state index contributed by atoms with van der Waals surface area (Å²) in [6.45, 7) is 0.374. The molecule has 0 amide bonds. The van der Waals surface area contributed by atoms with Crippen molar-refractivity contribution in [3.63, 3.8) is 0 Å². The van der Waals surface area contributed by atoms with E-state index in [0.717, 1.165) is 0 Å². The van der Waals surface area contributed by atoms with E-state index in [1.807, 2.05) is 0 Å². The third-order valence-electron chi connectivity index (χ3n) is 2.99. The fourth-order valence-electron chi connectivity index (χ4n) is 1.90. The van der Waals surface area contributed by atoms with Crippen molar-refractivity contribution in [1.82, 2.24) is 4.31 Å². The SMILES string of the molecule is NC(=NO)C1CN(S(=O)(=O)c2cc(Br)ccc2Br)CCO1. The first kappa shape index (κ1) is 16.7. The number of rotatable bonds is 3. The van der Waals surface area contributed by atoms with Crippen LogP contribution in [0, 0.1) is 0 Å². The number of morpholine rings is 1. The van der Waals surface area contributed by atoms with Crippen molar-refractivity contribution >= 4 is 47.7 Å². The molecule has 116 valence electrons. The number of oxime groups is 1. The zero-order valence-electron chi connectivity index (χ0n) is 10.7. The molecule has 3 N–H and O–H groups in total. The standard InChI is InChI=1S/C11H13Br2N3O4S/c12-7-1-2-8(13)10(5-7)21(18,19)16-3-4-20-9(6-16)11(14)15-17/h1-2,5,9,17H,3-4,6H2,(H2,14,15). The van der Waals surface area contributed by atoms with Gasteiger partial charge in [0.1, 0.15) is 6.10 Å². The van der Waals surface area contributed by atoms with Crippen molar-refractivity contribution in [2.45, 2.75) is 11.0 Å². The van der Waals surface area contributed by atoms with Gasteiger partial charge in [-0.2, -0.15) is 4.31 Å². The number of sulfonamides is 1. The third kappa shape index (κ3) is 3.57. The molecule has 7 nitrogen and oxygen atoms in total. The summed E-state index contributed by atoms with van der Waals surface area (Å²) in [7, 11) is -3.71. The summed E-state index contributed by atoms with van der Waals surface area (Å²) in [5.41, 5.74) is 5.48. The Morgan fingerprint density at radius 3 is 2.86 bits per heavy atom. The molecule has 0 saturated carbocycles. The van der Waals surface area contributed by atoms with Crippen LogP contribution >= 0.6 is 31.9 Å². The van der Waals surface area contributed by atoms with Crippen molar-refractivity contribution in [3.8, 4) is 0 Å². The first-order valence-electron chi connectivity index (χ1n) is 5.90. The Morgan fingerprint density at radius 2 is 2.19 bits per heavy atom. The second-order valence-electron chi connectivity index (χ2n) is 4.32. The molecule has 1 atom stereocenters. The maximum absolute atomic E-state index is 12.7. The fraction of sp³-hybridized carbons (Fsp3) is 0.364. The Morgan fingerprint density at radius 1 is 1.48 bits per heavy atom. The van der Waals surface area contributed by atoms with E-state index >= 15 is 0 Å². The molecule has 10 heteroatoms. The summed E-state index contributed by atoms with van der Waals surface area (Å²) in [4.78, 5) is 0.150. The number of ether oxygens (including phenoxy) is 1. The number of nitrogens with two attached hydrogens (primary N) is 1. The minimum atomic E-state index is -3.71. The molecule has 1 aromatic rings. The normalized spacial score (nSPS) is 21.4. The monoisotopic (exact) mass is 441 g/mol. The summed E-state index contributed by atoms with van der Waals surface area (Å²) in [5, 5.41) is 11.5. The van der Waals surface area contributed by atoms with Gasteiger partial charge in [0, 0.05) is 22.0 Å². The maximum atomic E-state index is 12.7. The Bertz CT molecular complexity index is 665. The minimum absolute atomic E-state index is 0.00280. The molecule has 0 spiro atoms. The summed E-state index contributed by atoms with van der Waals surface area (Å²) in [6.07, 6.45) is -0.760. The highest BCUT2D eigenvalue weighted by Crippen LogP contribution is 2.29. The van der Waals surface area contributed by atoms with Gasteiger partial charge in [-0.25, -0.2) is 8.42 Å². The first-order chi connectivity index (χ1) is 9.86. The topological polar surface area (TPSA) is 105 Å². The lowest BCUT2D eigenvalue weighted by Gasteiger charge is -2.31. The largest absolute Gasteiger partial charge is 0.409 e. The quantitative estimate of drug-likeness (QED) is 0.318. The number of hydrogen-bond donors (Lipinski definition) is 2. The molecule has 0 bridgehead atoms. The zero-order chi connectivity index (χ0) is 15.6. The summed E-state index contributed by atoms with van der Waals surface area (Å²) < 4.78 is 33.1. The van der Waals surface area contributed by atoms with Crippen LogP contribution in [0.4, 0.5) is 0 Å². The van der Waals surface area contributed by atoms with Crippen LogP contribution in [0.15, 0.2) is 37.2 Å². The third-order valence-corrected chi connectivity index (χ3v) is 6.34. The lowest BCUT2D eigenvalue weighted by Crippen LogP contribution is -2.50. The van der Waals surface area contributed by atoms with Crippen LogP contribution in [0.25, 0.3) is 0 Å². The molecule has 0 aromatic heterocycles. The highest BCUT2D eigenvalue weighted by molar-refractivity contribution is 9.11. The van der Waals surface area contributed by atoms with Gasteiger partial charge >= 0.3 is 0 Å². The fourth-order valence-corrected chi connectivity index (χ4v) is 4.79. The summed E-state index contributed by atoms with van der Waals surface area (Å²) in [5.74, 6) is -0.150. The van der Waals surface area contributed by atoms with Crippen LogP contribution in [0.5, 0.6) is 0 Å². The van der Waals surface area contributed by atoms with E-state index in [2.05, 4.69) is 37.0 Å². The van der Waals surface area contributed by atoms with Crippen LogP contribution in [-0.4, -0.2) is 49.6 Å². The molecule has 2 rings (SSSR count). The molecule has 1 unspecified atom stereocenters. The minimum Gasteiger partial charge on any atom is -0.409 e. The Hall–Kier alpha value is -0.680. The van der Waals surface area contributed by atoms with E-state index in [0.29, 0.717) is 8.95 Å². The van der Waals surface area contributed by atoms with E-state index in [4.69, 9.17) is 15.7 Å². The highest BCUT2D eigenvalue weighted by atomic mass is 79.9. The van der Waals surface area contributed by atoms with Gasteiger partial charge in [-0.15, -0.1) is 0 Å². The van der Waals surface area contributed by atoms with Gasteiger partial charge in [0.05, 0.1) is 11.5 Å². The molecular weight excluding hydrogens is 430 g/mol. The van der Waals surface area contributed by atoms with Gasteiger partial charge in [0.25, 0.3) is 0 Å². The van der Waals surface area contributed by atoms with Crippen molar-refractivity contribution in [2.75, 3.05) is 19.7 Å². The molecule has 21 heavy (non-hydrogen) atoms. The highest BCUT2D eigenvalue weighted by Gasteiger charge is 2.33. The molecule has 0 radical (unpaired) electrons. The number of nitrogens with zero attached hydrogens (tertiary/aromatic N) is 2. The van der Waals surface area contributed by atoms with Gasteiger partial charge in [-0.1, -0.05) is 21.1 Å². The second-order valence-corrected chi connectivity index (χ2v) is 8.00. The zero-order valence-corrected chi connectivity index (χ0v) is 14.7. The van der Waals surface area contributed by atoms with E-state index in [9.17, 15) is 8.42 Å². The van der Waals surface area contributed by atoms with Crippen molar-refractivity contribution < 1.29 is 18.4 Å². The van der Waals surface area contributed by atoms with Gasteiger partial charge in [-0.05, 0) is 34.1 Å². The van der Waals surface area contributed by atoms with Crippen molar-refractivity contribution in [1.29, 1.82) is 0 Å². The number of hydrogen-bond acceptors (Lipinski definition) is 5. The molecule has 1 aliphatic rings. The predicted octanol–water partition coefficient (Wildman–Crippen LogP) is 1.35. The average Bonchev–Trinajstić information content (AvgIpc) is 2.49. The lowest BCUT2D eigenvalue weighted by molar-refractivity contribution is 0.0355. The number of amidine groups is 1. The summed E-state index contributed by atoms with van der Waals surface area (Å²) >= 11 is 6.50. The van der Waals surface area contributed by atoms with Gasteiger partial charge < -0.3 is 15.7 Å². The van der Waals surface area contributed by atoms with E-state index in [1.54, 1.807) is 12.1 Å². The smallest absolute Gasteiger partial charge is 0.244 e. The maximum Gasteiger partial charge on any atom is 0.244 e.